The van der Waals surface area contributed by atoms with Crippen molar-refractivity contribution in [2.75, 3.05) is 32.2 Å². The average Bonchev–Trinajstić information content (AvgIpc) is 2.38. The summed E-state index contributed by atoms with van der Waals surface area (Å²) in [6.07, 6.45) is 0. The Bertz CT molecular complexity index is 401. The summed E-state index contributed by atoms with van der Waals surface area (Å²) in [6.45, 7) is 1.54. The van der Waals surface area contributed by atoms with E-state index in [1.807, 2.05) is 0 Å². The van der Waals surface area contributed by atoms with Gasteiger partial charge in [0.1, 0.15) is 5.75 Å². The zero-order chi connectivity index (χ0) is 13.4. The zero-order valence-electron chi connectivity index (χ0n) is 10.0. The van der Waals surface area contributed by atoms with E-state index in [2.05, 4.69) is 21.2 Å². The van der Waals surface area contributed by atoms with Gasteiger partial charge < -0.3 is 14.8 Å². The van der Waals surface area contributed by atoms with E-state index >= 15 is 0 Å². The number of ether oxygens (including phenoxy) is 2. The summed E-state index contributed by atoms with van der Waals surface area (Å²) in [5.74, 6) is 0.273. The number of benzene rings is 1. The van der Waals surface area contributed by atoms with Gasteiger partial charge in [-0.2, -0.15) is 0 Å². The third-order valence-corrected chi connectivity index (χ3v) is 2.72. The van der Waals surface area contributed by atoms with Gasteiger partial charge in [-0.15, -0.1) is 0 Å². The lowest BCUT2D eigenvalue weighted by Gasteiger charge is -2.09. The second kappa shape index (κ2) is 8.34. The first-order valence-electron chi connectivity index (χ1n) is 5.44. The molecular weight excluding hydrogens is 321 g/mol. The molecule has 0 heterocycles. The number of alkyl halides is 1. The van der Waals surface area contributed by atoms with Gasteiger partial charge in [-0.1, -0.05) is 27.5 Å². The van der Waals surface area contributed by atoms with Crippen LogP contribution in [0.1, 0.15) is 10.4 Å². The summed E-state index contributed by atoms with van der Waals surface area (Å²) in [5.41, 5.74) is 0.422. The SMILES string of the molecule is COc1ccc(Cl)cc1C(=O)NCCOCCBr. The monoisotopic (exact) mass is 335 g/mol. The summed E-state index contributed by atoms with van der Waals surface area (Å²) < 4.78 is 10.3. The van der Waals surface area contributed by atoms with Gasteiger partial charge in [0.25, 0.3) is 5.91 Å². The fourth-order valence-electron chi connectivity index (χ4n) is 1.35. The molecule has 1 aromatic rings. The number of amides is 1. The number of carbonyl (C=O) groups excluding carboxylic acids is 1. The third kappa shape index (κ3) is 4.84. The number of rotatable bonds is 7. The van der Waals surface area contributed by atoms with Crippen LogP contribution in [0.25, 0.3) is 0 Å². The van der Waals surface area contributed by atoms with Crippen LogP contribution in [0.5, 0.6) is 5.75 Å². The molecule has 0 aliphatic rings. The molecule has 1 amide bonds. The van der Waals surface area contributed by atoms with E-state index in [4.69, 9.17) is 21.1 Å². The Morgan fingerprint density at radius 2 is 2.22 bits per heavy atom. The summed E-state index contributed by atoms with van der Waals surface area (Å²) in [6, 6.07) is 4.92. The van der Waals surface area contributed by atoms with Crippen LogP contribution in [0.3, 0.4) is 0 Å². The van der Waals surface area contributed by atoms with Crippen molar-refractivity contribution >= 4 is 33.4 Å². The van der Waals surface area contributed by atoms with E-state index in [-0.39, 0.29) is 5.91 Å². The van der Waals surface area contributed by atoms with Gasteiger partial charge >= 0.3 is 0 Å². The largest absolute Gasteiger partial charge is 0.496 e. The molecule has 0 fully saturated rings. The van der Waals surface area contributed by atoms with Crippen molar-refractivity contribution in [3.63, 3.8) is 0 Å². The van der Waals surface area contributed by atoms with Gasteiger partial charge in [0.15, 0.2) is 0 Å². The lowest BCUT2D eigenvalue weighted by Crippen LogP contribution is -2.27. The van der Waals surface area contributed by atoms with Crippen LogP contribution in [-0.2, 0) is 4.74 Å². The van der Waals surface area contributed by atoms with Crippen LogP contribution in [0, 0.1) is 0 Å². The maximum Gasteiger partial charge on any atom is 0.255 e. The highest BCUT2D eigenvalue weighted by Crippen LogP contribution is 2.22. The number of hydrogen-bond donors (Lipinski definition) is 1. The number of methoxy groups -OCH3 is 1. The van der Waals surface area contributed by atoms with Crippen molar-refractivity contribution < 1.29 is 14.3 Å². The highest BCUT2D eigenvalue weighted by atomic mass is 79.9. The molecule has 0 aromatic heterocycles. The van der Waals surface area contributed by atoms with Crippen molar-refractivity contribution in [2.24, 2.45) is 0 Å². The van der Waals surface area contributed by atoms with Gasteiger partial charge in [-0.25, -0.2) is 0 Å². The van der Waals surface area contributed by atoms with Crippen molar-refractivity contribution in [1.29, 1.82) is 0 Å². The Morgan fingerprint density at radius 3 is 2.89 bits per heavy atom. The molecule has 6 heteroatoms. The van der Waals surface area contributed by atoms with Gasteiger partial charge in [-0.3, -0.25) is 4.79 Å². The Balaban J connectivity index is 2.52. The van der Waals surface area contributed by atoms with Gasteiger partial charge in [0, 0.05) is 16.9 Å². The molecule has 0 atom stereocenters. The first-order valence-corrected chi connectivity index (χ1v) is 6.94. The standard InChI is InChI=1S/C12H15BrClNO3/c1-17-11-3-2-9(14)8-10(11)12(16)15-5-7-18-6-4-13/h2-3,8H,4-7H2,1H3,(H,15,16). The minimum Gasteiger partial charge on any atom is -0.496 e. The molecule has 0 unspecified atom stereocenters. The topological polar surface area (TPSA) is 47.6 Å². The predicted octanol–water partition coefficient (Wildman–Crippen LogP) is 2.49. The molecule has 1 rings (SSSR count). The lowest BCUT2D eigenvalue weighted by molar-refractivity contribution is 0.0921. The summed E-state index contributed by atoms with van der Waals surface area (Å²) in [4.78, 5) is 11.9. The average molecular weight is 337 g/mol. The normalized spacial score (nSPS) is 10.2. The van der Waals surface area contributed by atoms with E-state index in [9.17, 15) is 4.79 Å². The fraction of sp³-hybridized carbons (Fsp3) is 0.417. The van der Waals surface area contributed by atoms with Crippen LogP contribution >= 0.6 is 27.5 Å². The molecule has 100 valence electrons. The molecule has 0 bridgehead atoms. The van der Waals surface area contributed by atoms with Crippen LogP contribution in [-0.4, -0.2) is 38.1 Å². The van der Waals surface area contributed by atoms with Gasteiger partial charge in [-0.05, 0) is 18.2 Å². The first kappa shape index (κ1) is 15.3. The molecule has 0 saturated heterocycles. The Hall–Kier alpha value is -0.780. The smallest absolute Gasteiger partial charge is 0.255 e. The Labute approximate surface area is 120 Å². The summed E-state index contributed by atoms with van der Waals surface area (Å²) >= 11 is 9.11. The van der Waals surface area contributed by atoms with E-state index < -0.39 is 0 Å². The third-order valence-electron chi connectivity index (χ3n) is 2.16. The molecule has 1 aromatic carbocycles. The van der Waals surface area contributed by atoms with E-state index in [1.54, 1.807) is 18.2 Å². The molecule has 18 heavy (non-hydrogen) atoms. The number of halogens is 2. The minimum atomic E-state index is -0.225. The fourth-order valence-corrected chi connectivity index (χ4v) is 1.75. The number of carbonyl (C=O) groups is 1. The lowest BCUT2D eigenvalue weighted by atomic mass is 10.2. The number of nitrogens with one attached hydrogen (secondary N) is 1. The van der Waals surface area contributed by atoms with E-state index in [0.29, 0.717) is 36.1 Å². The highest BCUT2D eigenvalue weighted by molar-refractivity contribution is 9.09. The van der Waals surface area contributed by atoms with Crippen molar-refractivity contribution in [3.8, 4) is 5.75 Å². The van der Waals surface area contributed by atoms with E-state index in [1.165, 1.54) is 7.11 Å². The molecule has 0 aliphatic heterocycles. The maximum absolute atomic E-state index is 11.9. The molecule has 0 radical (unpaired) electrons. The van der Waals surface area contributed by atoms with Crippen molar-refractivity contribution in [2.45, 2.75) is 0 Å². The van der Waals surface area contributed by atoms with Crippen LogP contribution in [0.4, 0.5) is 0 Å². The van der Waals surface area contributed by atoms with Crippen molar-refractivity contribution in [1.82, 2.24) is 5.32 Å². The van der Waals surface area contributed by atoms with Gasteiger partial charge in [0.2, 0.25) is 0 Å². The molecule has 1 N–H and O–H groups in total. The van der Waals surface area contributed by atoms with Crippen LogP contribution in [0.2, 0.25) is 5.02 Å². The second-order valence-corrected chi connectivity index (χ2v) is 4.63. The minimum absolute atomic E-state index is 0.225. The van der Waals surface area contributed by atoms with Crippen LogP contribution < -0.4 is 10.1 Å². The summed E-state index contributed by atoms with van der Waals surface area (Å²) in [7, 11) is 1.51. The molecule has 0 spiro atoms. The zero-order valence-corrected chi connectivity index (χ0v) is 12.4. The van der Waals surface area contributed by atoms with Crippen molar-refractivity contribution in [3.05, 3.63) is 28.8 Å². The molecular formula is C12H15BrClNO3. The second-order valence-electron chi connectivity index (χ2n) is 3.40. The van der Waals surface area contributed by atoms with E-state index in [0.717, 1.165) is 5.33 Å². The summed E-state index contributed by atoms with van der Waals surface area (Å²) in [5, 5.41) is 4.02. The first-order chi connectivity index (χ1) is 8.69. The molecule has 4 nitrogen and oxygen atoms in total. The molecule has 0 saturated carbocycles. The molecule has 0 aliphatic carbocycles. The highest BCUT2D eigenvalue weighted by Gasteiger charge is 2.12. The Morgan fingerprint density at radius 1 is 1.44 bits per heavy atom. The Kier molecular flexibility index (Phi) is 7.08. The quantitative estimate of drug-likeness (QED) is 0.615. The number of hydrogen-bond acceptors (Lipinski definition) is 3. The van der Waals surface area contributed by atoms with Gasteiger partial charge in [0.05, 0.1) is 25.9 Å². The predicted molar refractivity (Wildman–Crippen MR) is 75.0 cm³/mol. The van der Waals surface area contributed by atoms with Crippen LogP contribution in [0.15, 0.2) is 18.2 Å². The maximum atomic E-state index is 11.9.